The molecule has 0 aliphatic heterocycles. The topological polar surface area (TPSA) is 0 Å². The Hall–Kier alpha value is 0. The number of rotatable bonds is 12. The highest BCUT2D eigenvalue weighted by molar-refractivity contribution is 4.85. The lowest BCUT2D eigenvalue weighted by molar-refractivity contribution is 0.500. The fraction of sp³-hybridized carbons (Fsp3) is 1.00. The second-order valence-corrected chi connectivity index (χ2v) is 6.99. The highest BCUT2D eigenvalue weighted by Gasteiger charge is 2.34. The summed E-state index contributed by atoms with van der Waals surface area (Å²) in [4.78, 5) is 0. The van der Waals surface area contributed by atoms with Gasteiger partial charge in [0, 0.05) is 0 Å². The van der Waals surface area contributed by atoms with Crippen molar-refractivity contribution < 1.29 is 0 Å². The van der Waals surface area contributed by atoms with Crippen LogP contribution in [0.4, 0.5) is 0 Å². The molecule has 0 heterocycles. The average molecular weight is 252 g/mol. The molecular weight excluding hydrogens is 216 g/mol. The van der Waals surface area contributed by atoms with Gasteiger partial charge in [-0.3, -0.25) is 0 Å². The quantitative estimate of drug-likeness (QED) is 0.344. The van der Waals surface area contributed by atoms with Crippen LogP contribution in [0.15, 0.2) is 0 Å². The molecule has 0 aromatic heterocycles. The monoisotopic (exact) mass is 252 g/mol. The van der Waals surface area contributed by atoms with E-state index in [0.29, 0.717) is 0 Å². The Balaban J connectivity index is 1.72. The van der Waals surface area contributed by atoms with Crippen molar-refractivity contribution in [2.45, 2.75) is 97.8 Å². The molecule has 0 aromatic carbocycles. The van der Waals surface area contributed by atoms with Crippen LogP contribution in [0.2, 0.25) is 0 Å². The Morgan fingerprint density at radius 3 is 1.94 bits per heavy atom. The van der Waals surface area contributed by atoms with E-state index in [4.69, 9.17) is 0 Å². The van der Waals surface area contributed by atoms with Crippen LogP contribution in [-0.4, -0.2) is 0 Å². The molecule has 2 atom stereocenters. The van der Waals surface area contributed by atoms with E-state index >= 15 is 0 Å². The minimum atomic E-state index is 0.902. The number of unbranched alkanes of at least 4 members (excludes halogenated alkanes) is 6. The summed E-state index contributed by atoms with van der Waals surface area (Å²) in [5.74, 6) is 3.17. The van der Waals surface area contributed by atoms with E-state index in [0.717, 1.165) is 17.8 Å². The van der Waals surface area contributed by atoms with Crippen molar-refractivity contribution >= 4 is 0 Å². The summed E-state index contributed by atoms with van der Waals surface area (Å²) < 4.78 is 0. The lowest BCUT2D eigenvalue weighted by Gasteiger charge is -2.04. The highest BCUT2D eigenvalue weighted by atomic mass is 14.4. The Morgan fingerprint density at radius 1 is 0.778 bits per heavy atom. The van der Waals surface area contributed by atoms with Gasteiger partial charge in [0.15, 0.2) is 0 Å². The molecule has 18 heavy (non-hydrogen) atoms. The molecule has 0 nitrogen and oxygen atoms in total. The third-order valence-corrected chi connectivity index (χ3v) is 4.58. The summed E-state index contributed by atoms with van der Waals surface area (Å²) in [5, 5.41) is 0. The zero-order valence-electron chi connectivity index (χ0n) is 13.2. The molecule has 0 aromatic rings. The average Bonchev–Trinajstić information content (AvgIpc) is 3.05. The summed E-state index contributed by atoms with van der Waals surface area (Å²) in [5.41, 5.74) is 0. The largest absolute Gasteiger partial charge is 0.0654 e. The van der Waals surface area contributed by atoms with E-state index in [1.54, 1.807) is 6.42 Å². The van der Waals surface area contributed by atoms with Crippen LogP contribution in [0.3, 0.4) is 0 Å². The smallest absolute Gasteiger partial charge is 0.0383 e. The molecule has 1 aliphatic rings. The Kier molecular flexibility index (Phi) is 8.80. The minimum absolute atomic E-state index is 0.902. The molecule has 0 bridgehead atoms. The second kappa shape index (κ2) is 9.87. The molecule has 0 radical (unpaired) electrons. The Labute approximate surface area is 116 Å². The zero-order valence-corrected chi connectivity index (χ0v) is 13.2. The maximum absolute atomic E-state index is 2.34. The molecular formula is C18H36. The van der Waals surface area contributed by atoms with Crippen molar-refractivity contribution in [3.8, 4) is 0 Å². The van der Waals surface area contributed by atoms with Gasteiger partial charge in [-0.15, -0.1) is 0 Å². The first-order chi connectivity index (χ1) is 8.74. The first-order valence-corrected chi connectivity index (χ1v) is 8.74. The van der Waals surface area contributed by atoms with Gasteiger partial charge in [0.05, 0.1) is 0 Å². The van der Waals surface area contributed by atoms with Crippen molar-refractivity contribution in [2.24, 2.45) is 17.8 Å². The SMILES string of the molecule is CCCC1CC1CCCCCCCCCC(C)C. The van der Waals surface area contributed by atoms with Crippen LogP contribution in [0, 0.1) is 17.8 Å². The summed E-state index contributed by atoms with van der Waals surface area (Å²) in [6.45, 7) is 7.00. The van der Waals surface area contributed by atoms with Crippen LogP contribution < -0.4 is 0 Å². The first kappa shape index (κ1) is 16.1. The molecule has 0 amide bonds. The summed E-state index contributed by atoms with van der Waals surface area (Å²) in [6.07, 6.45) is 17.8. The molecule has 0 saturated heterocycles. The van der Waals surface area contributed by atoms with Crippen molar-refractivity contribution in [1.29, 1.82) is 0 Å². The van der Waals surface area contributed by atoms with E-state index in [2.05, 4.69) is 20.8 Å². The van der Waals surface area contributed by atoms with Gasteiger partial charge in [-0.2, -0.15) is 0 Å². The van der Waals surface area contributed by atoms with E-state index in [1.807, 2.05) is 0 Å². The standard InChI is InChI=1S/C18H36/c1-4-12-17-15-18(17)14-11-9-7-5-6-8-10-13-16(2)3/h16-18H,4-15H2,1-3H3. The second-order valence-electron chi connectivity index (χ2n) is 6.99. The van der Waals surface area contributed by atoms with Crippen molar-refractivity contribution in [2.75, 3.05) is 0 Å². The molecule has 1 aliphatic carbocycles. The molecule has 108 valence electrons. The minimum Gasteiger partial charge on any atom is -0.0654 e. The van der Waals surface area contributed by atoms with Crippen LogP contribution in [0.25, 0.3) is 0 Å². The van der Waals surface area contributed by atoms with Crippen LogP contribution in [0.1, 0.15) is 97.8 Å². The molecule has 1 rings (SSSR count). The summed E-state index contributed by atoms with van der Waals surface area (Å²) in [7, 11) is 0. The molecule has 0 spiro atoms. The Bertz CT molecular complexity index is 182. The molecule has 0 heteroatoms. The first-order valence-electron chi connectivity index (χ1n) is 8.74. The fourth-order valence-electron chi connectivity index (χ4n) is 3.23. The Morgan fingerprint density at radius 2 is 1.33 bits per heavy atom. The third-order valence-electron chi connectivity index (χ3n) is 4.58. The van der Waals surface area contributed by atoms with E-state index in [1.165, 1.54) is 70.6 Å². The van der Waals surface area contributed by atoms with Crippen molar-refractivity contribution in [3.05, 3.63) is 0 Å². The molecule has 2 unspecified atom stereocenters. The normalized spacial score (nSPS) is 22.7. The van der Waals surface area contributed by atoms with Crippen LogP contribution in [0.5, 0.6) is 0 Å². The predicted molar refractivity (Wildman–Crippen MR) is 82.9 cm³/mol. The van der Waals surface area contributed by atoms with Crippen molar-refractivity contribution in [1.82, 2.24) is 0 Å². The van der Waals surface area contributed by atoms with Gasteiger partial charge < -0.3 is 0 Å². The fourth-order valence-corrected chi connectivity index (χ4v) is 3.23. The van der Waals surface area contributed by atoms with Crippen LogP contribution >= 0.6 is 0 Å². The van der Waals surface area contributed by atoms with Gasteiger partial charge in [-0.25, -0.2) is 0 Å². The van der Waals surface area contributed by atoms with Gasteiger partial charge in [-0.05, 0) is 24.2 Å². The number of hydrogen-bond donors (Lipinski definition) is 0. The lowest BCUT2D eigenvalue weighted by atomic mass is 10.0. The van der Waals surface area contributed by atoms with E-state index < -0.39 is 0 Å². The van der Waals surface area contributed by atoms with Gasteiger partial charge in [-0.1, -0.05) is 91.4 Å². The van der Waals surface area contributed by atoms with Crippen molar-refractivity contribution in [3.63, 3.8) is 0 Å². The lowest BCUT2D eigenvalue weighted by Crippen LogP contribution is -1.88. The van der Waals surface area contributed by atoms with Gasteiger partial charge in [0.1, 0.15) is 0 Å². The molecule has 1 fully saturated rings. The number of hydrogen-bond acceptors (Lipinski definition) is 0. The summed E-state index contributed by atoms with van der Waals surface area (Å²) >= 11 is 0. The third kappa shape index (κ3) is 8.16. The van der Waals surface area contributed by atoms with Crippen LogP contribution in [-0.2, 0) is 0 Å². The van der Waals surface area contributed by atoms with Gasteiger partial charge in [0.25, 0.3) is 0 Å². The highest BCUT2D eigenvalue weighted by Crippen LogP contribution is 2.45. The molecule has 0 N–H and O–H groups in total. The van der Waals surface area contributed by atoms with E-state index in [9.17, 15) is 0 Å². The van der Waals surface area contributed by atoms with Gasteiger partial charge >= 0.3 is 0 Å². The van der Waals surface area contributed by atoms with E-state index in [-0.39, 0.29) is 0 Å². The molecule has 1 saturated carbocycles. The maximum atomic E-state index is 2.34. The predicted octanol–water partition coefficient (Wildman–Crippen LogP) is 6.59. The maximum Gasteiger partial charge on any atom is -0.0383 e. The zero-order chi connectivity index (χ0) is 13.2. The summed E-state index contributed by atoms with van der Waals surface area (Å²) in [6, 6.07) is 0. The van der Waals surface area contributed by atoms with Gasteiger partial charge in [0.2, 0.25) is 0 Å².